The Morgan fingerprint density at radius 2 is 1.95 bits per heavy atom. The van der Waals surface area contributed by atoms with Crippen LogP contribution in [0.2, 0.25) is 0 Å². The van der Waals surface area contributed by atoms with Gasteiger partial charge in [0.05, 0.1) is 5.69 Å². The van der Waals surface area contributed by atoms with Crippen molar-refractivity contribution in [2.45, 2.75) is 43.5 Å². The number of benzene rings is 1. The van der Waals surface area contributed by atoms with Crippen molar-refractivity contribution in [1.82, 2.24) is 9.78 Å². The Balaban J connectivity index is 1.87. The summed E-state index contributed by atoms with van der Waals surface area (Å²) >= 11 is 1.74. The van der Waals surface area contributed by atoms with Crippen molar-refractivity contribution in [3.05, 3.63) is 36.0 Å². The van der Waals surface area contributed by atoms with Crippen molar-refractivity contribution < 1.29 is 4.79 Å². The Hall–Kier alpha value is -1.55. The summed E-state index contributed by atoms with van der Waals surface area (Å²) < 4.78 is 2.04. The predicted molar refractivity (Wildman–Crippen MR) is 91.4 cm³/mol. The Kier molecular flexibility index (Phi) is 4.98. The fourth-order valence-corrected chi connectivity index (χ4v) is 3.65. The molecule has 4 heteroatoms. The number of rotatable bonds is 5. The third-order valence-corrected chi connectivity index (χ3v) is 5.20. The average Bonchev–Trinajstić information content (AvgIpc) is 2.99. The standard InChI is InChI=1S/C18H22N2OS/c1-22-17-9-7-15(8-10-17)18-11-16(13-21)19-20(18)12-14-5-3-2-4-6-14/h7-11,13-14H,2-6,12H2,1H3. The maximum atomic E-state index is 11.1. The second-order valence-corrected chi connectivity index (χ2v) is 6.87. The van der Waals surface area contributed by atoms with Crippen molar-refractivity contribution in [3.63, 3.8) is 0 Å². The fourth-order valence-electron chi connectivity index (χ4n) is 3.24. The van der Waals surface area contributed by atoms with Crippen LogP contribution in [0.1, 0.15) is 42.6 Å². The minimum absolute atomic E-state index is 0.528. The summed E-state index contributed by atoms with van der Waals surface area (Å²) in [6.45, 7) is 0.924. The molecule has 2 aromatic rings. The SMILES string of the molecule is CSc1ccc(-c2cc(C=O)nn2CC2CCCCC2)cc1. The van der Waals surface area contributed by atoms with E-state index in [1.807, 2.05) is 10.7 Å². The number of carbonyl (C=O) groups excluding carboxylic acids is 1. The van der Waals surface area contributed by atoms with Crippen molar-refractivity contribution in [2.75, 3.05) is 6.26 Å². The second-order valence-electron chi connectivity index (χ2n) is 5.99. The van der Waals surface area contributed by atoms with Crippen LogP contribution in [-0.2, 0) is 6.54 Å². The molecule has 0 amide bonds. The first kappa shape index (κ1) is 15.3. The van der Waals surface area contributed by atoms with Crippen LogP contribution < -0.4 is 0 Å². The lowest BCUT2D eigenvalue weighted by atomic mass is 9.89. The molecule has 0 radical (unpaired) electrons. The lowest BCUT2D eigenvalue weighted by Crippen LogP contribution is -2.16. The van der Waals surface area contributed by atoms with Gasteiger partial charge in [-0.3, -0.25) is 9.48 Å². The van der Waals surface area contributed by atoms with E-state index in [-0.39, 0.29) is 0 Å². The number of aldehydes is 1. The van der Waals surface area contributed by atoms with E-state index < -0.39 is 0 Å². The Bertz CT molecular complexity index is 627. The molecule has 3 rings (SSSR count). The Morgan fingerprint density at radius 1 is 1.23 bits per heavy atom. The number of thioether (sulfide) groups is 1. The lowest BCUT2D eigenvalue weighted by molar-refractivity contribution is 0.111. The van der Waals surface area contributed by atoms with E-state index in [0.717, 1.165) is 24.1 Å². The van der Waals surface area contributed by atoms with Crippen LogP contribution in [0.5, 0.6) is 0 Å². The second kappa shape index (κ2) is 7.14. The molecule has 0 aliphatic heterocycles. The molecule has 22 heavy (non-hydrogen) atoms. The molecule has 1 aromatic heterocycles. The lowest BCUT2D eigenvalue weighted by Gasteiger charge is -2.22. The molecule has 0 unspecified atom stereocenters. The number of aromatic nitrogens is 2. The highest BCUT2D eigenvalue weighted by molar-refractivity contribution is 7.98. The smallest absolute Gasteiger partial charge is 0.170 e. The van der Waals surface area contributed by atoms with Crippen LogP contribution in [0.3, 0.4) is 0 Å². The molecule has 0 saturated heterocycles. The molecule has 1 aliphatic carbocycles. The fraction of sp³-hybridized carbons (Fsp3) is 0.444. The highest BCUT2D eigenvalue weighted by Crippen LogP contribution is 2.28. The van der Waals surface area contributed by atoms with E-state index in [1.165, 1.54) is 37.0 Å². The van der Waals surface area contributed by atoms with E-state index in [2.05, 4.69) is 35.6 Å². The van der Waals surface area contributed by atoms with Crippen LogP contribution in [0.4, 0.5) is 0 Å². The van der Waals surface area contributed by atoms with Crippen LogP contribution >= 0.6 is 11.8 Å². The minimum Gasteiger partial charge on any atom is -0.296 e. The van der Waals surface area contributed by atoms with E-state index in [9.17, 15) is 4.79 Å². The molecule has 1 saturated carbocycles. The van der Waals surface area contributed by atoms with Gasteiger partial charge in [0.25, 0.3) is 0 Å². The molecular weight excluding hydrogens is 292 g/mol. The molecule has 0 spiro atoms. The summed E-state index contributed by atoms with van der Waals surface area (Å²) in [6.07, 6.45) is 9.49. The largest absolute Gasteiger partial charge is 0.296 e. The van der Waals surface area contributed by atoms with Crippen molar-refractivity contribution in [3.8, 4) is 11.3 Å². The quantitative estimate of drug-likeness (QED) is 0.594. The summed E-state index contributed by atoms with van der Waals surface area (Å²) in [5.41, 5.74) is 2.72. The van der Waals surface area contributed by atoms with Gasteiger partial charge in [-0.25, -0.2) is 0 Å². The van der Waals surface area contributed by atoms with E-state index >= 15 is 0 Å². The topological polar surface area (TPSA) is 34.9 Å². The zero-order valence-electron chi connectivity index (χ0n) is 13.0. The number of hydrogen-bond donors (Lipinski definition) is 0. The van der Waals surface area contributed by atoms with Gasteiger partial charge in [0.1, 0.15) is 5.69 Å². The molecule has 116 valence electrons. The molecule has 3 nitrogen and oxygen atoms in total. The number of hydrogen-bond acceptors (Lipinski definition) is 3. The Labute approximate surface area is 136 Å². The zero-order chi connectivity index (χ0) is 15.4. The molecule has 1 fully saturated rings. The number of nitrogens with zero attached hydrogens (tertiary/aromatic N) is 2. The molecule has 0 atom stereocenters. The number of carbonyl (C=O) groups is 1. The normalized spacial score (nSPS) is 15.9. The molecule has 1 heterocycles. The molecule has 1 aromatic carbocycles. The maximum Gasteiger partial charge on any atom is 0.170 e. The van der Waals surface area contributed by atoms with Crippen LogP contribution in [0, 0.1) is 5.92 Å². The summed E-state index contributed by atoms with van der Waals surface area (Å²) in [4.78, 5) is 12.4. The summed E-state index contributed by atoms with van der Waals surface area (Å²) in [5.74, 6) is 0.692. The monoisotopic (exact) mass is 314 g/mol. The van der Waals surface area contributed by atoms with Gasteiger partial charge in [-0.15, -0.1) is 11.8 Å². The van der Waals surface area contributed by atoms with Crippen LogP contribution in [0.25, 0.3) is 11.3 Å². The zero-order valence-corrected chi connectivity index (χ0v) is 13.8. The summed E-state index contributed by atoms with van der Waals surface area (Å²) in [7, 11) is 0. The third-order valence-electron chi connectivity index (χ3n) is 4.46. The Morgan fingerprint density at radius 3 is 2.59 bits per heavy atom. The van der Waals surface area contributed by atoms with Crippen molar-refractivity contribution in [2.24, 2.45) is 5.92 Å². The highest BCUT2D eigenvalue weighted by atomic mass is 32.2. The average molecular weight is 314 g/mol. The van der Waals surface area contributed by atoms with Gasteiger partial charge in [0, 0.05) is 11.4 Å². The van der Waals surface area contributed by atoms with Gasteiger partial charge in [-0.05, 0) is 48.8 Å². The molecule has 0 bridgehead atoms. The molecule has 0 N–H and O–H groups in total. The van der Waals surface area contributed by atoms with Gasteiger partial charge in [0.2, 0.25) is 0 Å². The molecule has 1 aliphatic rings. The van der Waals surface area contributed by atoms with Gasteiger partial charge in [-0.2, -0.15) is 5.10 Å². The first-order valence-corrected chi connectivity index (χ1v) is 9.20. The van der Waals surface area contributed by atoms with Gasteiger partial charge in [0.15, 0.2) is 6.29 Å². The van der Waals surface area contributed by atoms with Crippen molar-refractivity contribution in [1.29, 1.82) is 0 Å². The highest BCUT2D eigenvalue weighted by Gasteiger charge is 2.17. The molecular formula is C18H22N2OS. The van der Waals surface area contributed by atoms with Gasteiger partial charge in [-0.1, -0.05) is 31.4 Å². The summed E-state index contributed by atoms with van der Waals surface area (Å²) in [6, 6.07) is 10.4. The van der Waals surface area contributed by atoms with Crippen LogP contribution in [-0.4, -0.2) is 22.3 Å². The predicted octanol–water partition coefficient (Wildman–Crippen LogP) is 4.66. The minimum atomic E-state index is 0.528. The third kappa shape index (κ3) is 3.43. The van der Waals surface area contributed by atoms with Crippen LogP contribution in [0.15, 0.2) is 35.2 Å². The van der Waals surface area contributed by atoms with E-state index in [1.54, 1.807) is 11.8 Å². The maximum absolute atomic E-state index is 11.1. The van der Waals surface area contributed by atoms with E-state index in [0.29, 0.717) is 11.6 Å². The van der Waals surface area contributed by atoms with Gasteiger partial charge < -0.3 is 0 Å². The van der Waals surface area contributed by atoms with Crippen molar-refractivity contribution >= 4 is 18.0 Å². The van der Waals surface area contributed by atoms with E-state index in [4.69, 9.17) is 0 Å². The first-order valence-electron chi connectivity index (χ1n) is 7.97. The van der Waals surface area contributed by atoms with Gasteiger partial charge >= 0.3 is 0 Å². The first-order chi connectivity index (χ1) is 10.8. The summed E-state index contributed by atoms with van der Waals surface area (Å²) in [5, 5.41) is 4.49.